The molecule has 0 nitrogen and oxygen atoms in total. The second kappa shape index (κ2) is 6.16. The number of allylic oxidation sites excluding steroid dienone is 5. The van der Waals surface area contributed by atoms with Crippen molar-refractivity contribution in [2.75, 3.05) is 0 Å². The molecule has 0 bridgehead atoms. The summed E-state index contributed by atoms with van der Waals surface area (Å²) in [5.41, 5.74) is 12.9. The van der Waals surface area contributed by atoms with E-state index in [9.17, 15) is 0 Å². The summed E-state index contributed by atoms with van der Waals surface area (Å²) in [6.07, 6.45) is 9.02. The molecule has 1 aromatic carbocycles. The fourth-order valence-corrected chi connectivity index (χ4v) is 14.0. The third-order valence-corrected chi connectivity index (χ3v) is 17.4. The summed E-state index contributed by atoms with van der Waals surface area (Å²) in [6, 6.07) is 5.15. The molecule has 1 unspecified atom stereocenters. The van der Waals surface area contributed by atoms with Crippen LogP contribution in [0, 0.1) is 5.92 Å². The maximum absolute atomic E-state index is 2.63. The molecule has 1 heteroatoms. The molecular weight excluding hydrogens is 479 g/mol. The molecule has 0 spiro atoms. The van der Waals surface area contributed by atoms with Gasteiger partial charge in [-0.3, -0.25) is 0 Å². The molecule has 3 aliphatic rings. The Hall–Kier alpha value is -0.690. The summed E-state index contributed by atoms with van der Waals surface area (Å²) in [7, 11) is 0. The van der Waals surface area contributed by atoms with Crippen LogP contribution in [-0.2, 0) is 38.9 Å². The quantitative estimate of drug-likeness (QED) is 0.384. The summed E-state index contributed by atoms with van der Waals surface area (Å²) < 4.78 is 0.707. The average Bonchev–Trinajstić information content (AvgIpc) is 3.24. The van der Waals surface area contributed by atoms with E-state index in [1.54, 1.807) is 39.0 Å². The number of rotatable bonds is 3. The van der Waals surface area contributed by atoms with Gasteiger partial charge in [0.15, 0.2) is 0 Å². The zero-order valence-corrected chi connectivity index (χ0v) is 21.1. The normalized spacial score (nSPS) is 26.2. The molecule has 1 atom stereocenters. The van der Waals surface area contributed by atoms with Crippen LogP contribution in [0.25, 0.3) is 6.08 Å². The van der Waals surface area contributed by atoms with Gasteiger partial charge in [-0.25, -0.2) is 0 Å². The first-order valence-corrected chi connectivity index (χ1v) is 13.8. The Morgan fingerprint density at radius 1 is 0.923 bits per heavy atom. The monoisotopic (exact) mass is 512 g/mol. The van der Waals surface area contributed by atoms with E-state index in [1.165, 1.54) is 24.8 Å². The van der Waals surface area contributed by atoms with Crippen molar-refractivity contribution in [1.82, 2.24) is 0 Å². The molecule has 136 valence electrons. The van der Waals surface area contributed by atoms with Gasteiger partial charge in [0.05, 0.1) is 0 Å². The van der Waals surface area contributed by atoms with Gasteiger partial charge in [-0.2, -0.15) is 0 Å². The van der Waals surface area contributed by atoms with Crippen LogP contribution >= 0.6 is 0 Å². The second-order valence-electron chi connectivity index (χ2n) is 9.17. The summed E-state index contributed by atoms with van der Waals surface area (Å²) >= 11 is -1.14. The van der Waals surface area contributed by atoms with Gasteiger partial charge in [0.25, 0.3) is 0 Å². The standard InChI is InChI=1S/C15H17.C10H15.Hf/c1-10(2)14-7-6-13-8-11-4-3-5-12(11)9-15(13)14;1-6-7(2)9(4)10(5)8(6)3;/h6-10H,3-5H2,1-2H3;1-5H3;. The summed E-state index contributed by atoms with van der Waals surface area (Å²) in [4.78, 5) is 0. The van der Waals surface area contributed by atoms with Crippen LogP contribution in [0.3, 0.4) is 0 Å². The van der Waals surface area contributed by atoms with E-state index in [4.69, 9.17) is 0 Å². The van der Waals surface area contributed by atoms with Gasteiger partial charge in [-0.15, -0.1) is 0 Å². The molecule has 0 fully saturated rings. The molecule has 3 aliphatic carbocycles. The topological polar surface area (TPSA) is 0 Å². The van der Waals surface area contributed by atoms with Crippen LogP contribution in [0.1, 0.15) is 77.1 Å². The van der Waals surface area contributed by atoms with E-state index in [0.717, 1.165) is 0 Å². The molecule has 0 aliphatic heterocycles. The van der Waals surface area contributed by atoms with Crippen molar-refractivity contribution in [3.8, 4) is 0 Å². The molecule has 26 heavy (non-hydrogen) atoms. The first kappa shape index (κ1) is 18.7. The van der Waals surface area contributed by atoms with E-state index >= 15 is 0 Å². The summed E-state index contributed by atoms with van der Waals surface area (Å²) in [5.74, 6) is 0.682. The second-order valence-corrected chi connectivity index (χ2v) is 16.6. The third-order valence-electron chi connectivity index (χ3n) is 7.79. The van der Waals surface area contributed by atoms with Crippen LogP contribution in [0.15, 0.2) is 40.5 Å². The van der Waals surface area contributed by atoms with E-state index in [2.05, 4.69) is 72.8 Å². The summed E-state index contributed by atoms with van der Waals surface area (Å²) in [6.45, 7) is 17.0. The first-order valence-electron chi connectivity index (χ1n) is 10.2. The molecule has 0 saturated heterocycles. The van der Waals surface area contributed by atoms with Gasteiger partial charge in [0, 0.05) is 0 Å². The van der Waals surface area contributed by atoms with Crippen molar-refractivity contribution in [3.05, 3.63) is 62.8 Å². The van der Waals surface area contributed by atoms with Gasteiger partial charge in [-0.05, 0) is 0 Å². The molecule has 0 saturated carbocycles. The molecule has 0 radical (unpaired) electrons. The van der Waals surface area contributed by atoms with Crippen molar-refractivity contribution in [1.29, 1.82) is 0 Å². The van der Waals surface area contributed by atoms with E-state index in [0.29, 0.717) is 12.3 Å². The Morgan fingerprint density at radius 3 is 2.08 bits per heavy atom. The van der Waals surface area contributed by atoms with Crippen molar-refractivity contribution >= 4 is 6.08 Å². The SMILES string of the molecule is CC1=C(C)[C](C)([Hf][C]2(C(C)C)C=Cc3cc4c(cc32)CCC4)C(C)=C1C. The molecule has 0 aromatic heterocycles. The van der Waals surface area contributed by atoms with Gasteiger partial charge >= 0.3 is 172 Å². The number of benzene rings is 1. The first-order chi connectivity index (χ1) is 12.2. The van der Waals surface area contributed by atoms with Gasteiger partial charge in [-0.1, -0.05) is 0 Å². The molecule has 0 heterocycles. The molecule has 0 N–H and O–H groups in total. The molecule has 4 rings (SSSR count). The Kier molecular flexibility index (Phi) is 4.42. The number of hydrogen-bond donors (Lipinski definition) is 0. The molecule has 0 amide bonds. The Labute approximate surface area is 171 Å². The molecular formula is C25H32Hf. The van der Waals surface area contributed by atoms with Crippen molar-refractivity contribution in [2.24, 2.45) is 5.92 Å². The van der Waals surface area contributed by atoms with E-state index in [1.807, 2.05) is 0 Å². The van der Waals surface area contributed by atoms with Crippen molar-refractivity contribution < 1.29 is 22.9 Å². The predicted octanol–water partition coefficient (Wildman–Crippen LogP) is 7.00. The van der Waals surface area contributed by atoms with Crippen LogP contribution in [-0.4, -0.2) is 0 Å². The predicted molar refractivity (Wildman–Crippen MR) is 109 cm³/mol. The van der Waals surface area contributed by atoms with Gasteiger partial charge in [0.1, 0.15) is 0 Å². The van der Waals surface area contributed by atoms with Crippen LogP contribution in [0.2, 0.25) is 3.17 Å². The maximum atomic E-state index is 2.63. The van der Waals surface area contributed by atoms with E-state index in [-0.39, 0.29) is 0 Å². The van der Waals surface area contributed by atoms with Crippen molar-refractivity contribution in [3.63, 3.8) is 0 Å². The average molecular weight is 511 g/mol. The third kappa shape index (κ3) is 2.42. The van der Waals surface area contributed by atoms with Crippen LogP contribution in [0.5, 0.6) is 0 Å². The fourth-order valence-electron chi connectivity index (χ4n) is 5.40. The zero-order valence-electron chi connectivity index (χ0n) is 17.5. The van der Waals surface area contributed by atoms with Crippen molar-refractivity contribution in [2.45, 2.75) is 74.1 Å². The van der Waals surface area contributed by atoms with Crippen LogP contribution in [0.4, 0.5) is 0 Å². The Morgan fingerprint density at radius 2 is 1.50 bits per heavy atom. The Bertz CT molecular complexity index is 854. The zero-order chi connectivity index (χ0) is 18.9. The van der Waals surface area contributed by atoms with Crippen LogP contribution < -0.4 is 0 Å². The van der Waals surface area contributed by atoms with Gasteiger partial charge in [0.2, 0.25) is 0 Å². The minimum absolute atomic E-state index is 0.342. The van der Waals surface area contributed by atoms with Gasteiger partial charge < -0.3 is 0 Å². The fraction of sp³-hybridized carbons (Fsp3) is 0.520. The number of aryl methyl sites for hydroxylation is 2. The number of hydrogen-bond acceptors (Lipinski definition) is 0. The number of fused-ring (bicyclic) bond motifs is 2. The summed E-state index contributed by atoms with van der Waals surface area (Å²) in [5, 5.41) is 0. The minimum atomic E-state index is -1.14. The van der Waals surface area contributed by atoms with E-state index < -0.39 is 22.9 Å². The molecule has 1 aromatic rings. The Balaban J connectivity index is 1.84.